The van der Waals surface area contributed by atoms with Crippen LogP contribution >= 0.6 is 0 Å². The summed E-state index contributed by atoms with van der Waals surface area (Å²) in [6.45, 7) is 2.53. The van der Waals surface area contributed by atoms with Gasteiger partial charge in [-0.3, -0.25) is 0 Å². The Hall–Kier alpha value is -2.07. The molecule has 106 valence electrons. The van der Waals surface area contributed by atoms with Crippen LogP contribution in [0.5, 0.6) is 11.5 Å². The van der Waals surface area contributed by atoms with E-state index in [4.69, 9.17) is 15.2 Å². The fourth-order valence-corrected chi connectivity index (χ4v) is 2.03. The van der Waals surface area contributed by atoms with E-state index in [1.807, 2.05) is 31.2 Å². The fraction of sp³-hybridized carbons (Fsp3) is 0.250. The summed E-state index contributed by atoms with van der Waals surface area (Å²) in [5.41, 5.74) is 7.92. The number of hydrogen-bond donors (Lipinski definition) is 1. The van der Waals surface area contributed by atoms with Gasteiger partial charge in [0.15, 0.2) is 11.6 Å². The van der Waals surface area contributed by atoms with Crippen molar-refractivity contribution in [3.8, 4) is 11.5 Å². The molecule has 0 amide bonds. The van der Waals surface area contributed by atoms with Crippen LogP contribution in [0.3, 0.4) is 0 Å². The van der Waals surface area contributed by atoms with E-state index >= 15 is 0 Å². The topological polar surface area (TPSA) is 44.5 Å². The highest BCUT2D eigenvalue weighted by Crippen LogP contribution is 2.27. The van der Waals surface area contributed by atoms with Crippen LogP contribution in [-0.2, 0) is 0 Å². The first-order valence-corrected chi connectivity index (χ1v) is 6.47. The van der Waals surface area contributed by atoms with Crippen molar-refractivity contribution in [1.82, 2.24) is 0 Å². The van der Waals surface area contributed by atoms with Gasteiger partial charge in [0.05, 0.1) is 19.8 Å². The lowest BCUT2D eigenvalue weighted by atomic mass is 9.99. The standard InChI is InChI=1S/C16H18FNO2/c1-3-20-13-6-4-5-11(9-13)16(18)12-7-8-14(17)15(10-12)19-2/h4-10,16H,3,18H2,1-2H3. The average Bonchev–Trinajstić information content (AvgIpc) is 2.48. The number of hydrogen-bond acceptors (Lipinski definition) is 3. The lowest BCUT2D eigenvalue weighted by molar-refractivity contribution is 0.340. The van der Waals surface area contributed by atoms with Crippen molar-refractivity contribution < 1.29 is 13.9 Å². The molecule has 0 bridgehead atoms. The van der Waals surface area contributed by atoms with Crippen molar-refractivity contribution in [2.45, 2.75) is 13.0 Å². The van der Waals surface area contributed by atoms with E-state index in [9.17, 15) is 4.39 Å². The van der Waals surface area contributed by atoms with E-state index in [0.29, 0.717) is 6.61 Å². The average molecular weight is 275 g/mol. The number of benzene rings is 2. The number of rotatable bonds is 5. The van der Waals surface area contributed by atoms with Gasteiger partial charge in [0.25, 0.3) is 0 Å². The van der Waals surface area contributed by atoms with E-state index in [2.05, 4.69) is 0 Å². The molecular formula is C16H18FNO2. The molecule has 2 aromatic rings. The number of halogens is 1. The Bertz CT molecular complexity index is 586. The summed E-state index contributed by atoms with van der Waals surface area (Å²) < 4.78 is 23.8. The highest BCUT2D eigenvalue weighted by atomic mass is 19.1. The van der Waals surface area contributed by atoms with Gasteiger partial charge in [-0.1, -0.05) is 18.2 Å². The zero-order valence-electron chi connectivity index (χ0n) is 11.6. The summed E-state index contributed by atoms with van der Waals surface area (Å²) in [6.07, 6.45) is 0. The van der Waals surface area contributed by atoms with Gasteiger partial charge >= 0.3 is 0 Å². The minimum atomic E-state index is -0.397. The van der Waals surface area contributed by atoms with E-state index < -0.39 is 5.82 Å². The molecule has 0 aliphatic rings. The predicted octanol–water partition coefficient (Wildman–Crippen LogP) is 3.28. The second-order valence-corrected chi connectivity index (χ2v) is 4.38. The summed E-state index contributed by atoms with van der Waals surface area (Å²) in [6, 6.07) is 11.9. The third-order valence-corrected chi connectivity index (χ3v) is 3.06. The van der Waals surface area contributed by atoms with E-state index in [1.54, 1.807) is 12.1 Å². The SMILES string of the molecule is CCOc1cccc(C(N)c2ccc(F)c(OC)c2)c1. The van der Waals surface area contributed by atoms with Crippen molar-refractivity contribution in [3.05, 3.63) is 59.4 Å². The van der Waals surface area contributed by atoms with Gasteiger partial charge in [0.1, 0.15) is 5.75 Å². The minimum absolute atomic E-state index is 0.193. The first-order valence-electron chi connectivity index (χ1n) is 6.47. The van der Waals surface area contributed by atoms with Crippen molar-refractivity contribution in [3.63, 3.8) is 0 Å². The quantitative estimate of drug-likeness (QED) is 0.910. The van der Waals surface area contributed by atoms with Crippen LogP contribution in [0.2, 0.25) is 0 Å². The predicted molar refractivity (Wildman–Crippen MR) is 76.6 cm³/mol. The second-order valence-electron chi connectivity index (χ2n) is 4.38. The zero-order chi connectivity index (χ0) is 14.5. The summed E-state index contributed by atoms with van der Waals surface area (Å²) in [4.78, 5) is 0. The van der Waals surface area contributed by atoms with E-state index in [0.717, 1.165) is 16.9 Å². The van der Waals surface area contributed by atoms with Crippen LogP contribution < -0.4 is 15.2 Å². The summed E-state index contributed by atoms with van der Waals surface area (Å²) in [5.74, 6) is 0.569. The Kier molecular flexibility index (Phi) is 4.58. The summed E-state index contributed by atoms with van der Waals surface area (Å²) in [7, 11) is 1.43. The third-order valence-electron chi connectivity index (χ3n) is 3.06. The Balaban J connectivity index is 2.30. The van der Waals surface area contributed by atoms with Crippen LogP contribution in [0.1, 0.15) is 24.1 Å². The van der Waals surface area contributed by atoms with Gasteiger partial charge in [0, 0.05) is 0 Å². The largest absolute Gasteiger partial charge is 0.494 e. The smallest absolute Gasteiger partial charge is 0.165 e. The molecule has 2 rings (SSSR count). The molecule has 3 nitrogen and oxygen atoms in total. The van der Waals surface area contributed by atoms with Crippen LogP contribution in [0.15, 0.2) is 42.5 Å². The Morgan fingerprint density at radius 3 is 2.60 bits per heavy atom. The van der Waals surface area contributed by atoms with E-state index in [1.165, 1.54) is 13.2 Å². The third kappa shape index (κ3) is 3.08. The number of ether oxygens (including phenoxy) is 2. The second kappa shape index (κ2) is 6.39. The molecule has 0 saturated heterocycles. The van der Waals surface area contributed by atoms with Crippen molar-refractivity contribution in [2.75, 3.05) is 13.7 Å². The highest BCUT2D eigenvalue weighted by molar-refractivity contribution is 5.39. The lowest BCUT2D eigenvalue weighted by Gasteiger charge is -2.15. The molecule has 20 heavy (non-hydrogen) atoms. The monoisotopic (exact) mass is 275 g/mol. The molecule has 0 aromatic heterocycles. The molecule has 2 aromatic carbocycles. The van der Waals surface area contributed by atoms with Gasteiger partial charge in [-0.15, -0.1) is 0 Å². The Labute approximate surface area is 118 Å². The van der Waals surface area contributed by atoms with Crippen molar-refractivity contribution in [2.24, 2.45) is 5.73 Å². The van der Waals surface area contributed by atoms with Crippen molar-refractivity contribution >= 4 is 0 Å². The first kappa shape index (κ1) is 14.3. The maximum absolute atomic E-state index is 13.4. The Morgan fingerprint density at radius 2 is 1.90 bits per heavy atom. The molecule has 1 atom stereocenters. The molecule has 4 heteroatoms. The van der Waals surface area contributed by atoms with Crippen LogP contribution in [-0.4, -0.2) is 13.7 Å². The van der Waals surface area contributed by atoms with Gasteiger partial charge in [-0.05, 0) is 42.3 Å². The molecule has 1 unspecified atom stereocenters. The Morgan fingerprint density at radius 1 is 1.15 bits per heavy atom. The maximum atomic E-state index is 13.4. The molecule has 0 aliphatic heterocycles. The number of methoxy groups -OCH3 is 1. The van der Waals surface area contributed by atoms with Gasteiger partial charge in [0.2, 0.25) is 0 Å². The van der Waals surface area contributed by atoms with Crippen LogP contribution in [0, 0.1) is 5.82 Å². The van der Waals surface area contributed by atoms with Gasteiger partial charge in [-0.2, -0.15) is 0 Å². The first-order chi connectivity index (χ1) is 9.65. The normalized spacial score (nSPS) is 12.0. The van der Waals surface area contributed by atoms with Gasteiger partial charge in [-0.25, -0.2) is 4.39 Å². The minimum Gasteiger partial charge on any atom is -0.494 e. The molecule has 0 spiro atoms. The summed E-state index contributed by atoms with van der Waals surface area (Å²) >= 11 is 0. The lowest BCUT2D eigenvalue weighted by Crippen LogP contribution is -2.12. The molecule has 0 radical (unpaired) electrons. The van der Waals surface area contributed by atoms with Gasteiger partial charge < -0.3 is 15.2 Å². The fourth-order valence-electron chi connectivity index (χ4n) is 2.03. The highest BCUT2D eigenvalue weighted by Gasteiger charge is 2.12. The summed E-state index contributed by atoms with van der Waals surface area (Å²) in [5, 5.41) is 0. The number of nitrogens with two attached hydrogens (primary N) is 1. The molecule has 0 saturated carbocycles. The molecule has 0 heterocycles. The van der Waals surface area contributed by atoms with Crippen LogP contribution in [0.4, 0.5) is 4.39 Å². The van der Waals surface area contributed by atoms with E-state index in [-0.39, 0.29) is 11.8 Å². The molecule has 0 fully saturated rings. The molecule has 2 N–H and O–H groups in total. The van der Waals surface area contributed by atoms with Crippen molar-refractivity contribution in [1.29, 1.82) is 0 Å². The molecule has 0 aliphatic carbocycles. The van der Waals surface area contributed by atoms with Crippen LogP contribution in [0.25, 0.3) is 0 Å². The zero-order valence-corrected chi connectivity index (χ0v) is 11.6. The molecular weight excluding hydrogens is 257 g/mol. The maximum Gasteiger partial charge on any atom is 0.165 e.